The van der Waals surface area contributed by atoms with Gasteiger partial charge in [-0.3, -0.25) is 9.48 Å². The van der Waals surface area contributed by atoms with Crippen LogP contribution in [-0.4, -0.2) is 39.6 Å². The van der Waals surface area contributed by atoms with Crippen LogP contribution >= 0.6 is 0 Å². The summed E-state index contributed by atoms with van der Waals surface area (Å²) in [7, 11) is 0. The molecular weight excluding hydrogens is 328 g/mol. The van der Waals surface area contributed by atoms with Crippen molar-refractivity contribution in [3.8, 4) is 5.88 Å². The summed E-state index contributed by atoms with van der Waals surface area (Å²) in [6, 6.07) is 11.3. The van der Waals surface area contributed by atoms with Crippen molar-refractivity contribution in [1.29, 1.82) is 0 Å². The molecule has 1 aromatic carbocycles. The van der Waals surface area contributed by atoms with Gasteiger partial charge in [0.15, 0.2) is 0 Å². The molecule has 1 aliphatic carbocycles. The Morgan fingerprint density at radius 3 is 2.68 bits per heavy atom. The van der Waals surface area contributed by atoms with Crippen molar-refractivity contribution < 1.29 is 18.3 Å². The average molecular weight is 347 g/mol. The fraction of sp³-hybridized carbons (Fsp3) is 0.444. The van der Waals surface area contributed by atoms with E-state index in [1.54, 1.807) is 15.6 Å². The molecule has 132 valence electrons. The fourth-order valence-corrected chi connectivity index (χ4v) is 3.42. The lowest BCUT2D eigenvalue weighted by Crippen LogP contribution is -2.47. The van der Waals surface area contributed by atoms with Gasteiger partial charge in [0.2, 0.25) is 11.8 Å². The van der Waals surface area contributed by atoms with E-state index in [1.165, 1.54) is 0 Å². The molecule has 5 nitrogen and oxygen atoms in total. The number of halogens is 2. The second-order valence-electron chi connectivity index (χ2n) is 6.75. The summed E-state index contributed by atoms with van der Waals surface area (Å²) in [6.45, 7) is 1.82. The molecule has 1 amide bonds. The average Bonchev–Trinajstić information content (AvgIpc) is 2.99. The zero-order valence-electron chi connectivity index (χ0n) is 13.7. The fourth-order valence-electron chi connectivity index (χ4n) is 3.42. The maximum atomic E-state index is 13.0. The number of carbonyl (C=O) groups excluding carboxylic acids is 1. The van der Waals surface area contributed by atoms with Gasteiger partial charge in [-0.2, -0.15) is 0 Å². The van der Waals surface area contributed by atoms with Crippen LogP contribution in [-0.2, 0) is 13.2 Å². The van der Waals surface area contributed by atoms with Gasteiger partial charge in [-0.15, -0.1) is 5.10 Å². The molecule has 2 aromatic rings. The van der Waals surface area contributed by atoms with E-state index in [0.29, 0.717) is 37.8 Å². The summed E-state index contributed by atoms with van der Waals surface area (Å²) in [6.07, 6.45) is -0.247. The molecule has 2 heterocycles. The highest BCUT2D eigenvalue weighted by molar-refractivity contribution is 5.93. The number of hydrogen-bond acceptors (Lipinski definition) is 3. The van der Waals surface area contributed by atoms with Gasteiger partial charge >= 0.3 is 0 Å². The van der Waals surface area contributed by atoms with E-state index in [0.717, 1.165) is 5.56 Å². The highest BCUT2D eigenvalue weighted by Crippen LogP contribution is 2.42. The van der Waals surface area contributed by atoms with Crippen LogP contribution in [0.15, 0.2) is 36.4 Å². The number of fused-ring (bicyclic) bond motifs is 1. The van der Waals surface area contributed by atoms with Crippen molar-refractivity contribution >= 4 is 5.91 Å². The number of amides is 1. The standard InChI is InChI=1S/C18H19F2N3O2/c19-18(20)9-14(10-18)11-22-6-7-23-15(17(22)24)8-16(21-23)25-12-13-4-2-1-3-5-13/h1-5,8,14H,6-7,9-12H2. The van der Waals surface area contributed by atoms with Crippen LogP contribution in [0.2, 0.25) is 0 Å². The number of hydrogen-bond donors (Lipinski definition) is 0. The first-order chi connectivity index (χ1) is 12.0. The van der Waals surface area contributed by atoms with Crippen molar-refractivity contribution in [2.45, 2.75) is 31.9 Å². The molecule has 1 fully saturated rings. The van der Waals surface area contributed by atoms with Crippen molar-refractivity contribution in [3.05, 3.63) is 47.7 Å². The first-order valence-corrected chi connectivity index (χ1v) is 8.42. The van der Waals surface area contributed by atoms with Gasteiger partial charge in [-0.05, 0) is 11.5 Å². The third kappa shape index (κ3) is 3.36. The largest absolute Gasteiger partial charge is 0.472 e. The van der Waals surface area contributed by atoms with E-state index in [2.05, 4.69) is 5.10 Å². The Hall–Kier alpha value is -2.44. The van der Waals surface area contributed by atoms with Gasteiger partial charge in [0.1, 0.15) is 12.3 Å². The molecule has 1 aromatic heterocycles. The number of ether oxygens (including phenoxy) is 1. The number of aromatic nitrogens is 2. The molecule has 0 atom stereocenters. The summed E-state index contributed by atoms with van der Waals surface area (Å²) < 4.78 is 33.2. The Balaban J connectivity index is 1.39. The van der Waals surface area contributed by atoms with Gasteiger partial charge in [-0.1, -0.05) is 30.3 Å². The number of carbonyl (C=O) groups is 1. The van der Waals surface area contributed by atoms with Gasteiger partial charge < -0.3 is 9.64 Å². The summed E-state index contributed by atoms with van der Waals surface area (Å²) in [5.74, 6) is -2.42. The van der Waals surface area contributed by atoms with E-state index >= 15 is 0 Å². The minimum Gasteiger partial charge on any atom is -0.472 e. The second kappa shape index (κ2) is 6.13. The molecule has 0 bridgehead atoms. The Morgan fingerprint density at radius 1 is 1.20 bits per heavy atom. The maximum absolute atomic E-state index is 13.0. The van der Waals surface area contributed by atoms with Crippen LogP contribution in [0, 0.1) is 5.92 Å². The Morgan fingerprint density at radius 2 is 1.96 bits per heavy atom. The second-order valence-corrected chi connectivity index (χ2v) is 6.75. The summed E-state index contributed by atoms with van der Waals surface area (Å²) >= 11 is 0. The SMILES string of the molecule is O=C1c2cc(OCc3ccccc3)nn2CCN1CC1CC(F)(F)C1. The summed E-state index contributed by atoms with van der Waals surface area (Å²) in [5.41, 5.74) is 1.48. The minimum absolute atomic E-state index is 0.109. The van der Waals surface area contributed by atoms with E-state index in [4.69, 9.17) is 4.74 Å². The van der Waals surface area contributed by atoms with E-state index in [9.17, 15) is 13.6 Å². The smallest absolute Gasteiger partial charge is 0.272 e. The van der Waals surface area contributed by atoms with Crippen LogP contribution in [0.1, 0.15) is 28.9 Å². The zero-order chi connectivity index (χ0) is 17.4. The molecule has 0 unspecified atom stereocenters. The Labute approximate surface area is 144 Å². The Kier molecular flexibility index (Phi) is 3.94. The van der Waals surface area contributed by atoms with Gasteiger partial charge in [-0.25, -0.2) is 8.78 Å². The quantitative estimate of drug-likeness (QED) is 0.835. The molecule has 25 heavy (non-hydrogen) atoms. The van der Waals surface area contributed by atoms with Gasteiger partial charge in [0.05, 0.1) is 6.54 Å². The molecule has 2 aliphatic rings. The third-order valence-corrected chi connectivity index (χ3v) is 4.73. The molecule has 1 saturated carbocycles. The predicted molar refractivity (Wildman–Crippen MR) is 86.6 cm³/mol. The highest BCUT2D eigenvalue weighted by atomic mass is 19.3. The number of benzene rings is 1. The predicted octanol–water partition coefficient (Wildman–Crippen LogP) is 2.96. The first-order valence-electron chi connectivity index (χ1n) is 8.42. The highest BCUT2D eigenvalue weighted by Gasteiger charge is 2.46. The molecular formula is C18H19F2N3O2. The van der Waals surface area contributed by atoms with Crippen molar-refractivity contribution in [2.75, 3.05) is 13.1 Å². The van der Waals surface area contributed by atoms with E-state index in [1.807, 2.05) is 30.3 Å². The number of rotatable bonds is 5. The molecule has 4 rings (SSSR count). The van der Waals surface area contributed by atoms with Crippen molar-refractivity contribution in [1.82, 2.24) is 14.7 Å². The van der Waals surface area contributed by atoms with Crippen LogP contribution in [0.4, 0.5) is 8.78 Å². The van der Waals surface area contributed by atoms with Gasteiger partial charge in [0.25, 0.3) is 5.91 Å². The molecule has 1 aliphatic heterocycles. The molecule has 7 heteroatoms. The lowest BCUT2D eigenvalue weighted by molar-refractivity contribution is -0.114. The maximum Gasteiger partial charge on any atom is 0.272 e. The summed E-state index contributed by atoms with van der Waals surface area (Å²) in [4.78, 5) is 14.2. The lowest BCUT2D eigenvalue weighted by atomic mass is 9.81. The first kappa shape index (κ1) is 16.1. The van der Waals surface area contributed by atoms with Crippen molar-refractivity contribution in [2.24, 2.45) is 5.92 Å². The van der Waals surface area contributed by atoms with Gasteiger partial charge in [0, 0.05) is 32.0 Å². The molecule has 0 spiro atoms. The monoisotopic (exact) mass is 347 g/mol. The number of nitrogens with zero attached hydrogens (tertiary/aromatic N) is 3. The summed E-state index contributed by atoms with van der Waals surface area (Å²) in [5, 5.41) is 4.31. The molecule has 0 saturated heterocycles. The molecule has 0 N–H and O–H groups in total. The van der Waals surface area contributed by atoms with E-state index < -0.39 is 5.92 Å². The normalized spacial score (nSPS) is 19.4. The molecule has 0 radical (unpaired) electrons. The zero-order valence-corrected chi connectivity index (χ0v) is 13.7. The van der Waals surface area contributed by atoms with Crippen LogP contribution in [0.5, 0.6) is 5.88 Å². The van der Waals surface area contributed by atoms with Crippen LogP contribution < -0.4 is 4.74 Å². The third-order valence-electron chi connectivity index (χ3n) is 4.73. The van der Waals surface area contributed by atoms with Crippen LogP contribution in [0.3, 0.4) is 0 Å². The minimum atomic E-state index is -2.55. The topological polar surface area (TPSA) is 47.4 Å². The van der Waals surface area contributed by atoms with Crippen molar-refractivity contribution in [3.63, 3.8) is 0 Å². The number of alkyl halides is 2. The van der Waals surface area contributed by atoms with Crippen LogP contribution in [0.25, 0.3) is 0 Å². The Bertz CT molecular complexity index is 768. The lowest BCUT2D eigenvalue weighted by Gasteiger charge is -2.39. The van der Waals surface area contributed by atoms with E-state index in [-0.39, 0.29) is 24.7 Å².